The van der Waals surface area contributed by atoms with E-state index in [4.69, 9.17) is 0 Å². The molecule has 2 aromatic carbocycles. The van der Waals surface area contributed by atoms with Crippen LogP contribution in [0.1, 0.15) is 16.7 Å². The molecule has 0 aliphatic heterocycles. The summed E-state index contributed by atoms with van der Waals surface area (Å²) < 4.78 is 13.6. The Morgan fingerprint density at radius 2 is 1.76 bits per heavy atom. The lowest BCUT2D eigenvalue weighted by Crippen LogP contribution is -2.08. The molecule has 0 fully saturated rings. The van der Waals surface area contributed by atoms with Crippen LogP contribution in [-0.4, -0.2) is 16.5 Å². The van der Waals surface area contributed by atoms with Crippen LogP contribution in [-0.2, 0) is 6.42 Å². The maximum absolute atomic E-state index is 13.6. The largest absolute Gasteiger partial charge is 0.370 e. The molecule has 0 atom stereocenters. The Morgan fingerprint density at radius 1 is 0.960 bits per heavy atom. The maximum Gasteiger partial charge on any atom is 0.135 e. The minimum absolute atomic E-state index is 0.177. The van der Waals surface area contributed by atoms with E-state index in [2.05, 4.69) is 40.5 Å². The summed E-state index contributed by atoms with van der Waals surface area (Å²) in [5.41, 5.74) is 4.13. The first kappa shape index (κ1) is 16.9. The van der Waals surface area contributed by atoms with Gasteiger partial charge in [-0.05, 0) is 49.1 Å². The summed E-state index contributed by atoms with van der Waals surface area (Å²) >= 11 is 0. The second kappa shape index (κ2) is 7.75. The van der Waals surface area contributed by atoms with Gasteiger partial charge < -0.3 is 10.6 Å². The maximum atomic E-state index is 13.6. The number of nitrogens with one attached hydrogen (secondary N) is 2. The molecule has 1 aromatic heterocycles. The first-order valence-electron chi connectivity index (χ1n) is 8.26. The molecule has 0 aliphatic carbocycles. The molecule has 2 N–H and O–H groups in total. The molecular weight excluding hydrogens is 315 g/mol. The van der Waals surface area contributed by atoms with E-state index in [1.807, 2.05) is 24.3 Å². The third-order valence-corrected chi connectivity index (χ3v) is 4.19. The van der Waals surface area contributed by atoms with E-state index in [1.54, 1.807) is 12.1 Å². The second-order valence-corrected chi connectivity index (χ2v) is 5.93. The summed E-state index contributed by atoms with van der Waals surface area (Å²) in [5.74, 6) is 1.25. The number of hydrogen-bond acceptors (Lipinski definition) is 4. The Balaban J connectivity index is 1.63. The van der Waals surface area contributed by atoms with Crippen molar-refractivity contribution in [1.82, 2.24) is 9.97 Å². The molecule has 0 aliphatic rings. The van der Waals surface area contributed by atoms with Gasteiger partial charge in [-0.2, -0.15) is 0 Å². The Bertz CT molecular complexity index is 864. The fourth-order valence-corrected chi connectivity index (χ4v) is 2.57. The number of rotatable bonds is 6. The summed E-state index contributed by atoms with van der Waals surface area (Å²) in [6, 6.07) is 14.8. The first-order chi connectivity index (χ1) is 12.1. The van der Waals surface area contributed by atoms with Crippen molar-refractivity contribution in [3.63, 3.8) is 0 Å². The molecule has 128 valence electrons. The number of halogens is 1. The van der Waals surface area contributed by atoms with Crippen LogP contribution in [0.15, 0.2) is 54.9 Å². The highest BCUT2D eigenvalue weighted by Crippen LogP contribution is 2.22. The van der Waals surface area contributed by atoms with Crippen molar-refractivity contribution in [2.24, 2.45) is 0 Å². The standard InChI is InChI=1S/C20H21FN4/c1-14-6-5-9-18(15(14)2)25-20-12-19(23-13-24-20)22-11-10-16-7-3-4-8-17(16)21/h3-9,12-13H,10-11H2,1-2H3,(H2,22,23,24,25). The number of aromatic nitrogens is 2. The summed E-state index contributed by atoms with van der Waals surface area (Å²) in [6.45, 7) is 4.75. The van der Waals surface area contributed by atoms with Crippen LogP contribution >= 0.6 is 0 Å². The van der Waals surface area contributed by atoms with Crippen molar-refractivity contribution >= 4 is 17.3 Å². The monoisotopic (exact) mass is 336 g/mol. The zero-order valence-corrected chi connectivity index (χ0v) is 14.4. The Kier molecular flexibility index (Phi) is 5.23. The predicted molar refractivity (Wildman–Crippen MR) is 99.8 cm³/mol. The van der Waals surface area contributed by atoms with E-state index >= 15 is 0 Å². The molecule has 3 aromatic rings. The van der Waals surface area contributed by atoms with E-state index in [9.17, 15) is 4.39 Å². The first-order valence-corrected chi connectivity index (χ1v) is 8.26. The SMILES string of the molecule is Cc1cccc(Nc2cc(NCCc3ccccc3F)ncn2)c1C. The highest BCUT2D eigenvalue weighted by molar-refractivity contribution is 5.63. The Hall–Kier alpha value is -2.95. The van der Waals surface area contributed by atoms with Crippen molar-refractivity contribution in [2.75, 3.05) is 17.2 Å². The average Bonchev–Trinajstić information content (AvgIpc) is 2.61. The number of aryl methyl sites for hydroxylation is 1. The second-order valence-electron chi connectivity index (χ2n) is 5.93. The smallest absolute Gasteiger partial charge is 0.135 e. The molecule has 4 nitrogen and oxygen atoms in total. The van der Waals surface area contributed by atoms with E-state index in [0.29, 0.717) is 24.3 Å². The van der Waals surface area contributed by atoms with Crippen LogP contribution in [0.4, 0.5) is 21.7 Å². The highest BCUT2D eigenvalue weighted by Gasteiger charge is 2.04. The molecule has 0 spiro atoms. The van der Waals surface area contributed by atoms with E-state index < -0.39 is 0 Å². The zero-order valence-electron chi connectivity index (χ0n) is 14.4. The van der Waals surface area contributed by atoms with Gasteiger partial charge >= 0.3 is 0 Å². The topological polar surface area (TPSA) is 49.8 Å². The van der Waals surface area contributed by atoms with Crippen LogP contribution in [0.3, 0.4) is 0 Å². The van der Waals surface area contributed by atoms with Crippen molar-refractivity contribution in [2.45, 2.75) is 20.3 Å². The quantitative estimate of drug-likeness (QED) is 0.689. The van der Waals surface area contributed by atoms with Crippen molar-refractivity contribution in [3.05, 3.63) is 77.4 Å². The number of anilines is 3. The lowest BCUT2D eigenvalue weighted by atomic mass is 10.1. The Labute approximate surface area is 147 Å². The van der Waals surface area contributed by atoms with Crippen molar-refractivity contribution < 1.29 is 4.39 Å². The van der Waals surface area contributed by atoms with Crippen molar-refractivity contribution in [1.29, 1.82) is 0 Å². The molecule has 0 bridgehead atoms. The van der Waals surface area contributed by atoms with Crippen LogP contribution in [0.5, 0.6) is 0 Å². The van der Waals surface area contributed by atoms with E-state index in [-0.39, 0.29) is 5.82 Å². The van der Waals surface area contributed by atoms with Gasteiger partial charge in [0.15, 0.2) is 0 Å². The molecule has 0 radical (unpaired) electrons. The van der Waals surface area contributed by atoms with Crippen molar-refractivity contribution in [3.8, 4) is 0 Å². The summed E-state index contributed by atoms with van der Waals surface area (Å²) in [6.07, 6.45) is 2.11. The van der Waals surface area contributed by atoms with Gasteiger partial charge in [0.05, 0.1) is 0 Å². The average molecular weight is 336 g/mol. The van der Waals surface area contributed by atoms with Gasteiger partial charge in [-0.3, -0.25) is 0 Å². The predicted octanol–water partition coefficient (Wildman–Crippen LogP) is 4.63. The van der Waals surface area contributed by atoms with Gasteiger partial charge in [0.1, 0.15) is 23.8 Å². The van der Waals surface area contributed by atoms with E-state index in [0.717, 1.165) is 11.5 Å². The van der Waals surface area contributed by atoms with Gasteiger partial charge in [-0.1, -0.05) is 30.3 Å². The molecule has 0 saturated heterocycles. The van der Waals surface area contributed by atoms with Crippen LogP contribution < -0.4 is 10.6 Å². The minimum atomic E-state index is -0.177. The molecule has 25 heavy (non-hydrogen) atoms. The number of benzene rings is 2. The lowest BCUT2D eigenvalue weighted by Gasteiger charge is -2.12. The van der Waals surface area contributed by atoms with Crippen LogP contribution in [0.25, 0.3) is 0 Å². The number of nitrogens with zero attached hydrogens (tertiary/aromatic N) is 2. The lowest BCUT2D eigenvalue weighted by molar-refractivity contribution is 0.610. The summed E-state index contributed by atoms with van der Waals surface area (Å²) in [7, 11) is 0. The summed E-state index contributed by atoms with van der Waals surface area (Å²) in [5, 5.41) is 6.53. The van der Waals surface area contributed by atoms with Gasteiger partial charge in [0, 0.05) is 18.3 Å². The molecular formula is C20H21FN4. The molecule has 0 amide bonds. The van der Waals surface area contributed by atoms with Crippen LogP contribution in [0.2, 0.25) is 0 Å². The minimum Gasteiger partial charge on any atom is -0.370 e. The van der Waals surface area contributed by atoms with E-state index in [1.165, 1.54) is 23.5 Å². The fraction of sp³-hybridized carbons (Fsp3) is 0.200. The normalized spacial score (nSPS) is 10.5. The molecule has 0 saturated carbocycles. The van der Waals surface area contributed by atoms with Gasteiger partial charge in [0.25, 0.3) is 0 Å². The number of hydrogen-bond donors (Lipinski definition) is 2. The Morgan fingerprint density at radius 3 is 2.60 bits per heavy atom. The van der Waals surface area contributed by atoms with Gasteiger partial charge in [0.2, 0.25) is 0 Å². The zero-order chi connectivity index (χ0) is 17.6. The van der Waals surface area contributed by atoms with Gasteiger partial charge in [-0.25, -0.2) is 14.4 Å². The molecule has 1 heterocycles. The third-order valence-electron chi connectivity index (χ3n) is 4.19. The molecule has 3 rings (SSSR count). The summed E-state index contributed by atoms with van der Waals surface area (Å²) in [4.78, 5) is 8.48. The molecule has 5 heteroatoms. The van der Waals surface area contributed by atoms with Gasteiger partial charge in [-0.15, -0.1) is 0 Å². The fourth-order valence-electron chi connectivity index (χ4n) is 2.57. The third kappa shape index (κ3) is 4.32. The van der Waals surface area contributed by atoms with Crippen LogP contribution in [0, 0.1) is 19.7 Å². The molecule has 0 unspecified atom stereocenters. The highest BCUT2D eigenvalue weighted by atomic mass is 19.1.